The van der Waals surface area contributed by atoms with Crippen LogP contribution in [-0.4, -0.2) is 37.6 Å². The molecular weight excluding hydrogens is 333 g/mol. The van der Waals surface area contributed by atoms with Crippen molar-refractivity contribution in [3.8, 4) is 0 Å². The fourth-order valence-electron chi connectivity index (χ4n) is 3.36. The van der Waals surface area contributed by atoms with Crippen molar-refractivity contribution in [1.29, 1.82) is 0 Å². The van der Waals surface area contributed by atoms with Gasteiger partial charge in [0, 0.05) is 37.3 Å². The summed E-state index contributed by atoms with van der Waals surface area (Å²) in [6.07, 6.45) is 5.06. The minimum atomic E-state index is 0. The summed E-state index contributed by atoms with van der Waals surface area (Å²) in [6.45, 7) is 3.11. The molecule has 1 unspecified atom stereocenters. The molecule has 1 aromatic rings. The standard InChI is InChI=1S/C17H25N3O.2ClH/c21-17(13-15-5-4-10-18-15)19-14-8-11-20(12-9-14)16-6-2-1-3-7-16;;/h1-3,6-7,14-15,18H,4-5,8-13H2,(H,19,21);2*1H. The quantitative estimate of drug-likeness (QED) is 0.868. The van der Waals surface area contributed by atoms with Crippen LogP contribution in [0.2, 0.25) is 0 Å². The van der Waals surface area contributed by atoms with Crippen molar-refractivity contribution in [2.24, 2.45) is 0 Å². The van der Waals surface area contributed by atoms with Crippen LogP contribution in [0.3, 0.4) is 0 Å². The minimum Gasteiger partial charge on any atom is -0.371 e. The fraction of sp³-hybridized carbons (Fsp3) is 0.588. The molecule has 3 rings (SSSR count). The van der Waals surface area contributed by atoms with Crippen LogP contribution < -0.4 is 15.5 Å². The number of amides is 1. The van der Waals surface area contributed by atoms with Gasteiger partial charge in [0.15, 0.2) is 0 Å². The summed E-state index contributed by atoms with van der Waals surface area (Å²) in [6, 6.07) is 11.3. The first-order valence-electron chi connectivity index (χ1n) is 8.14. The molecule has 4 nitrogen and oxygen atoms in total. The second-order valence-corrected chi connectivity index (χ2v) is 6.16. The highest BCUT2D eigenvalue weighted by molar-refractivity contribution is 5.85. The van der Waals surface area contributed by atoms with Crippen LogP contribution in [0.5, 0.6) is 0 Å². The molecule has 0 aromatic heterocycles. The Balaban J connectivity index is 0.00000132. The third kappa shape index (κ3) is 5.87. The van der Waals surface area contributed by atoms with Gasteiger partial charge in [-0.2, -0.15) is 0 Å². The lowest BCUT2D eigenvalue weighted by Crippen LogP contribution is -2.45. The number of para-hydroxylation sites is 1. The van der Waals surface area contributed by atoms with Crippen LogP contribution >= 0.6 is 24.8 Å². The molecule has 23 heavy (non-hydrogen) atoms. The summed E-state index contributed by atoms with van der Waals surface area (Å²) in [7, 11) is 0. The van der Waals surface area contributed by atoms with Gasteiger partial charge < -0.3 is 15.5 Å². The third-order valence-electron chi connectivity index (χ3n) is 4.58. The summed E-state index contributed by atoms with van der Waals surface area (Å²) in [4.78, 5) is 14.5. The summed E-state index contributed by atoms with van der Waals surface area (Å²) in [5.41, 5.74) is 1.29. The number of rotatable bonds is 4. The highest BCUT2D eigenvalue weighted by Crippen LogP contribution is 2.19. The summed E-state index contributed by atoms with van der Waals surface area (Å²) < 4.78 is 0. The first kappa shape index (κ1) is 20.1. The number of piperidine rings is 1. The maximum absolute atomic E-state index is 12.1. The first-order valence-corrected chi connectivity index (χ1v) is 8.14. The average Bonchev–Trinajstić information content (AvgIpc) is 3.02. The van der Waals surface area contributed by atoms with Crippen molar-refractivity contribution in [3.05, 3.63) is 30.3 Å². The molecule has 2 N–H and O–H groups in total. The molecule has 6 heteroatoms. The van der Waals surface area contributed by atoms with Crippen molar-refractivity contribution in [2.75, 3.05) is 24.5 Å². The molecule has 2 fully saturated rings. The van der Waals surface area contributed by atoms with Crippen molar-refractivity contribution >= 4 is 36.4 Å². The van der Waals surface area contributed by atoms with Crippen LogP contribution in [0.1, 0.15) is 32.1 Å². The molecule has 0 saturated carbocycles. The smallest absolute Gasteiger partial charge is 0.221 e. The predicted octanol–water partition coefficient (Wildman–Crippen LogP) is 2.76. The molecule has 2 aliphatic rings. The van der Waals surface area contributed by atoms with E-state index in [0.29, 0.717) is 18.5 Å². The van der Waals surface area contributed by atoms with Crippen LogP contribution in [-0.2, 0) is 4.79 Å². The number of hydrogen-bond acceptors (Lipinski definition) is 3. The number of carbonyl (C=O) groups is 1. The largest absolute Gasteiger partial charge is 0.371 e. The highest BCUT2D eigenvalue weighted by Gasteiger charge is 2.23. The summed E-state index contributed by atoms with van der Waals surface area (Å²) >= 11 is 0. The van der Waals surface area contributed by atoms with Crippen molar-refractivity contribution in [3.63, 3.8) is 0 Å². The molecule has 1 aromatic carbocycles. The number of carbonyl (C=O) groups excluding carboxylic acids is 1. The summed E-state index contributed by atoms with van der Waals surface area (Å²) in [5.74, 6) is 0.215. The van der Waals surface area contributed by atoms with E-state index in [1.165, 1.54) is 12.1 Å². The normalized spacial score (nSPS) is 21.2. The fourth-order valence-corrected chi connectivity index (χ4v) is 3.36. The number of anilines is 1. The van der Waals surface area contributed by atoms with Gasteiger partial charge in [-0.3, -0.25) is 4.79 Å². The van der Waals surface area contributed by atoms with Gasteiger partial charge in [-0.25, -0.2) is 0 Å². The Hall–Kier alpha value is -0.970. The number of nitrogens with zero attached hydrogens (tertiary/aromatic N) is 1. The molecule has 130 valence electrons. The summed E-state index contributed by atoms with van der Waals surface area (Å²) in [5, 5.41) is 6.60. The lowest BCUT2D eigenvalue weighted by molar-refractivity contribution is -0.122. The number of hydrogen-bond donors (Lipinski definition) is 2. The van der Waals surface area contributed by atoms with E-state index in [1.54, 1.807) is 0 Å². The molecular formula is C17H27Cl2N3O. The van der Waals surface area contributed by atoms with E-state index in [9.17, 15) is 4.79 Å². The molecule has 0 spiro atoms. The number of benzene rings is 1. The molecule has 2 heterocycles. The van der Waals surface area contributed by atoms with Crippen LogP contribution in [0.4, 0.5) is 5.69 Å². The van der Waals surface area contributed by atoms with Gasteiger partial charge in [0.2, 0.25) is 5.91 Å². The van der Waals surface area contributed by atoms with Gasteiger partial charge in [-0.1, -0.05) is 18.2 Å². The lowest BCUT2D eigenvalue weighted by atomic mass is 10.0. The zero-order chi connectivity index (χ0) is 14.5. The van der Waals surface area contributed by atoms with E-state index in [4.69, 9.17) is 0 Å². The van der Waals surface area contributed by atoms with Crippen LogP contribution in [0, 0.1) is 0 Å². The molecule has 0 bridgehead atoms. The zero-order valence-electron chi connectivity index (χ0n) is 13.4. The molecule has 0 radical (unpaired) electrons. The third-order valence-corrected chi connectivity index (χ3v) is 4.58. The number of nitrogens with one attached hydrogen (secondary N) is 2. The Morgan fingerprint density at radius 1 is 1.13 bits per heavy atom. The second kappa shape index (κ2) is 10.0. The van der Waals surface area contributed by atoms with Gasteiger partial charge >= 0.3 is 0 Å². The molecule has 0 aliphatic carbocycles. The van der Waals surface area contributed by atoms with E-state index < -0.39 is 0 Å². The topological polar surface area (TPSA) is 44.4 Å². The van der Waals surface area contributed by atoms with Crippen molar-refractivity contribution in [2.45, 2.75) is 44.2 Å². The van der Waals surface area contributed by atoms with Crippen LogP contribution in [0.15, 0.2) is 30.3 Å². The maximum atomic E-state index is 12.1. The van der Waals surface area contributed by atoms with E-state index in [-0.39, 0.29) is 30.7 Å². The van der Waals surface area contributed by atoms with Crippen molar-refractivity contribution < 1.29 is 4.79 Å². The Kier molecular flexibility index (Phi) is 8.74. The Bertz CT molecular complexity index is 458. The molecule has 2 saturated heterocycles. The maximum Gasteiger partial charge on any atom is 0.221 e. The van der Waals surface area contributed by atoms with Crippen LogP contribution in [0.25, 0.3) is 0 Å². The van der Waals surface area contributed by atoms with Gasteiger partial charge in [0.05, 0.1) is 0 Å². The van der Waals surface area contributed by atoms with Gasteiger partial charge in [0.25, 0.3) is 0 Å². The monoisotopic (exact) mass is 359 g/mol. The zero-order valence-corrected chi connectivity index (χ0v) is 15.0. The van der Waals surface area contributed by atoms with Gasteiger partial charge in [-0.15, -0.1) is 24.8 Å². The van der Waals surface area contributed by atoms with E-state index in [0.717, 1.165) is 38.9 Å². The second-order valence-electron chi connectivity index (χ2n) is 6.16. The molecule has 1 amide bonds. The van der Waals surface area contributed by atoms with E-state index in [1.807, 2.05) is 6.07 Å². The molecule has 1 atom stereocenters. The van der Waals surface area contributed by atoms with Crippen molar-refractivity contribution in [1.82, 2.24) is 10.6 Å². The minimum absolute atomic E-state index is 0. The van der Waals surface area contributed by atoms with Gasteiger partial charge in [-0.05, 0) is 44.4 Å². The van der Waals surface area contributed by atoms with E-state index >= 15 is 0 Å². The Labute approximate surface area is 151 Å². The molecule has 2 aliphatic heterocycles. The highest BCUT2D eigenvalue weighted by atomic mass is 35.5. The number of halogens is 2. The first-order chi connectivity index (χ1) is 10.3. The SMILES string of the molecule is Cl.Cl.O=C(CC1CCCN1)NC1CCN(c2ccccc2)CC1. The Morgan fingerprint density at radius 3 is 2.43 bits per heavy atom. The average molecular weight is 360 g/mol. The van der Waals surface area contributed by atoms with Gasteiger partial charge in [0.1, 0.15) is 0 Å². The van der Waals surface area contributed by atoms with E-state index in [2.05, 4.69) is 39.8 Å². The Morgan fingerprint density at radius 2 is 1.83 bits per heavy atom. The lowest BCUT2D eigenvalue weighted by Gasteiger charge is -2.34. The predicted molar refractivity (Wildman–Crippen MR) is 100.0 cm³/mol.